The summed E-state index contributed by atoms with van der Waals surface area (Å²) in [7, 11) is 0. The molecule has 0 saturated heterocycles. The topological polar surface area (TPSA) is 29.9 Å². The monoisotopic (exact) mass is 269 g/mol. The van der Waals surface area contributed by atoms with E-state index in [0.29, 0.717) is 6.04 Å². The van der Waals surface area contributed by atoms with Crippen molar-refractivity contribution in [2.24, 2.45) is 0 Å². The van der Waals surface area contributed by atoms with Crippen LogP contribution in [-0.2, 0) is 5.41 Å². The number of aryl methyl sites for hydroxylation is 1. The smallest absolute Gasteiger partial charge is 0.203 e. The lowest BCUT2D eigenvalue weighted by molar-refractivity contribution is 0.526. The van der Waals surface area contributed by atoms with Gasteiger partial charge in [0.2, 0.25) is 5.95 Å². The van der Waals surface area contributed by atoms with Crippen LogP contribution in [0.5, 0.6) is 0 Å². The second-order valence-electron chi connectivity index (χ2n) is 6.75. The number of nitrogens with one attached hydrogen (secondary N) is 1. The maximum absolute atomic E-state index is 4.77. The molecule has 3 nitrogen and oxygen atoms in total. The van der Waals surface area contributed by atoms with E-state index in [-0.39, 0.29) is 5.41 Å². The Balaban J connectivity index is 2.04. The first-order valence-corrected chi connectivity index (χ1v) is 7.35. The molecule has 1 N–H and O–H groups in total. The molecule has 3 rings (SSSR count). The van der Waals surface area contributed by atoms with Crippen molar-refractivity contribution in [1.29, 1.82) is 0 Å². The fraction of sp³-hybridized carbons (Fsp3) is 0.471. The van der Waals surface area contributed by atoms with E-state index in [1.165, 1.54) is 11.1 Å². The minimum Gasteiger partial charge on any atom is -0.356 e. The van der Waals surface area contributed by atoms with Gasteiger partial charge in [-0.1, -0.05) is 50.6 Å². The van der Waals surface area contributed by atoms with Crippen molar-refractivity contribution in [2.45, 2.75) is 45.6 Å². The molecule has 1 aliphatic rings. The molecule has 2 aromatic rings. The second kappa shape index (κ2) is 4.65. The average molecular weight is 269 g/mol. The molecule has 1 atom stereocenters. The van der Waals surface area contributed by atoms with E-state index < -0.39 is 0 Å². The Morgan fingerprint density at radius 1 is 1.30 bits per heavy atom. The van der Waals surface area contributed by atoms with E-state index in [1.807, 2.05) is 0 Å². The third-order valence-corrected chi connectivity index (χ3v) is 3.96. The van der Waals surface area contributed by atoms with Crippen LogP contribution >= 0.6 is 0 Å². The Morgan fingerprint density at radius 2 is 2.10 bits per heavy atom. The first-order chi connectivity index (χ1) is 9.45. The number of hydrogen-bond donors (Lipinski definition) is 1. The lowest BCUT2D eigenvalue weighted by atomic mass is 9.93. The van der Waals surface area contributed by atoms with E-state index >= 15 is 0 Å². The summed E-state index contributed by atoms with van der Waals surface area (Å²) in [5.74, 6) is 1.01. The molecule has 0 saturated carbocycles. The second-order valence-corrected chi connectivity index (χ2v) is 6.75. The van der Waals surface area contributed by atoms with Crippen LogP contribution in [0.25, 0.3) is 0 Å². The van der Waals surface area contributed by atoms with Crippen LogP contribution in [-0.4, -0.2) is 16.1 Å². The van der Waals surface area contributed by atoms with Gasteiger partial charge in [-0.25, -0.2) is 4.98 Å². The minimum absolute atomic E-state index is 0.0865. The highest BCUT2D eigenvalue weighted by Gasteiger charge is 2.26. The molecule has 106 valence electrons. The van der Waals surface area contributed by atoms with Gasteiger partial charge in [0, 0.05) is 18.2 Å². The summed E-state index contributed by atoms with van der Waals surface area (Å²) in [5, 5.41) is 3.42. The van der Waals surface area contributed by atoms with E-state index in [2.05, 4.69) is 68.0 Å². The maximum atomic E-state index is 4.77. The zero-order chi connectivity index (χ0) is 14.3. The number of nitrogens with zero attached hydrogens (tertiary/aromatic N) is 2. The van der Waals surface area contributed by atoms with Crippen LogP contribution < -0.4 is 5.32 Å². The van der Waals surface area contributed by atoms with Crippen molar-refractivity contribution in [3.63, 3.8) is 0 Å². The first kappa shape index (κ1) is 13.2. The molecule has 0 fully saturated rings. The quantitative estimate of drug-likeness (QED) is 0.851. The number of anilines is 1. The summed E-state index contributed by atoms with van der Waals surface area (Å²) in [5.41, 5.74) is 3.94. The Bertz CT molecular complexity index is 619. The largest absolute Gasteiger partial charge is 0.356 e. The van der Waals surface area contributed by atoms with E-state index in [9.17, 15) is 0 Å². The minimum atomic E-state index is 0.0865. The highest BCUT2D eigenvalue weighted by atomic mass is 15.2. The van der Waals surface area contributed by atoms with Gasteiger partial charge < -0.3 is 9.88 Å². The molecule has 0 amide bonds. The third-order valence-electron chi connectivity index (χ3n) is 3.96. The molecule has 0 aliphatic carbocycles. The van der Waals surface area contributed by atoms with Crippen molar-refractivity contribution in [3.05, 3.63) is 47.3 Å². The van der Waals surface area contributed by atoms with Crippen LogP contribution in [0.4, 0.5) is 5.95 Å². The van der Waals surface area contributed by atoms with Gasteiger partial charge in [-0.05, 0) is 18.9 Å². The van der Waals surface area contributed by atoms with Crippen LogP contribution in [0.1, 0.15) is 50.1 Å². The Morgan fingerprint density at radius 3 is 2.80 bits per heavy atom. The van der Waals surface area contributed by atoms with Gasteiger partial charge in [-0.2, -0.15) is 0 Å². The summed E-state index contributed by atoms with van der Waals surface area (Å²) in [6.45, 7) is 9.77. The number of benzene rings is 1. The summed E-state index contributed by atoms with van der Waals surface area (Å²) < 4.78 is 2.30. The lowest BCUT2D eigenvalue weighted by Crippen LogP contribution is -2.23. The predicted octanol–water partition coefficient (Wildman–Crippen LogP) is 3.89. The molecule has 1 unspecified atom stereocenters. The molecule has 1 aliphatic heterocycles. The average Bonchev–Trinajstić information content (AvgIpc) is 2.82. The van der Waals surface area contributed by atoms with Gasteiger partial charge in [0.15, 0.2) is 0 Å². The Labute approximate surface area is 121 Å². The van der Waals surface area contributed by atoms with Gasteiger partial charge in [0.1, 0.15) is 0 Å². The molecule has 0 spiro atoms. The molecular weight excluding hydrogens is 246 g/mol. The zero-order valence-electron chi connectivity index (χ0n) is 12.8. The van der Waals surface area contributed by atoms with Crippen molar-refractivity contribution < 1.29 is 0 Å². The molecule has 20 heavy (non-hydrogen) atoms. The van der Waals surface area contributed by atoms with Crippen molar-refractivity contribution in [2.75, 3.05) is 11.9 Å². The Kier molecular flexibility index (Phi) is 3.08. The Hall–Kier alpha value is -1.77. The van der Waals surface area contributed by atoms with E-state index in [0.717, 1.165) is 24.6 Å². The highest BCUT2D eigenvalue weighted by Crippen LogP contribution is 2.33. The molecular formula is C17H23N3. The van der Waals surface area contributed by atoms with Gasteiger partial charge in [0.25, 0.3) is 0 Å². The van der Waals surface area contributed by atoms with Crippen LogP contribution in [0, 0.1) is 6.92 Å². The van der Waals surface area contributed by atoms with Crippen molar-refractivity contribution in [3.8, 4) is 0 Å². The number of imidazole rings is 1. The van der Waals surface area contributed by atoms with Crippen LogP contribution in [0.3, 0.4) is 0 Å². The third kappa shape index (κ3) is 2.33. The summed E-state index contributed by atoms with van der Waals surface area (Å²) in [6.07, 6.45) is 3.32. The van der Waals surface area contributed by atoms with Gasteiger partial charge in [-0.15, -0.1) is 0 Å². The van der Waals surface area contributed by atoms with Crippen molar-refractivity contribution in [1.82, 2.24) is 9.55 Å². The number of hydrogen-bond acceptors (Lipinski definition) is 2. The highest BCUT2D eigenvalue weighted by molar-refractivity contribution is 5.38. The molecule has 1 aromatic heterocycles. The van der Waals surface area contributed by atoms with Gasteiger partial charge in [0.05, 0.1) is 11.7 Å². The van der Waals surface area contributed by atoms with Crippen LogP contribution in [0.2, 0.25) is 0 Å². The number of rotatable bonds is 1. The lowest BCUT2D eigenvalue weighted by Gasteiger charge is -2.26. The summed E-state index contributed by atoms with van der Waals surface area (Å²) in [4.78, 5) is 4.77. The SMILES string of the molecule is Cc1cccc(C2CCNc3nc(C(C)(C)C)cn32)c1. The van der Waals surface area contributed by atoms with Gasteiger partial charge >= 0.3 is 0 Å². The van der Waals surface area contributed by atoms with E-state index in [1.54, 1.807) is 0 Å². The molecule has 0 radical (unpaired) electrons. The number of aromatic nitrogens is 2. The molecule has 3 heteroatoms. The van der Waals surface area contributed by atoms with Crippen LogP contribution in [0.15, 0.2) is 30.5 Å². The number of fused-ring (bicyclic) bond motifs is 1. The predicted molar refractivity (Wildman–Crippen MR) is 83.4 cm³/mol. The normalized spacial score (nSPS) is 18.5. The molecule has 1 aromatic carbocycles. The zero-order valence-corrected chi connectivity index (χ0v) is 12.8. The summed E-state index contributed by atoms with van der Waals surface area (Å²) in [6, 6.07) is 9.21. The fourth-order valence-corrected chi connectivity index (χ4v) is 2.79. The summed E-state index contributed by atoms with van der Waals surface area (Å²) >= 11 is 0. The van der Waals surface area contributed by atoms with E-state index in [4.69, 9.17) is 4.98 Å². The molecule has 2 heterocycles. The maximum Gasteiger partial charge on any atom is 0.203 e. The fourth-order valence-electron chi connectivity index (χ4n) is 2.79. The standard InChI is InChI=1S/C17H23N3/c1-12-6-5-7-13(10-12)14-8-9-18-16-19-15(11-20(14)16)17(2,3)4/h5-7,10-11,14H,8-9H2,1-4H3,(H,18,19). The van der Waals surface area contributed by atoms with Crippen molar-refractivity contribution >= 4 is 5.95 Å². The van der Waals surface area contributed by atoms with Gasteiger partial charge in [-0.3, -0.25) is 0 Å². The first-order valence-electron chi connectivity index (χ1n) is 7.35. The molecule has 0 bridgehead atoms.